The zero-order chi connectivity index (χ0) is 9.24. The van der Waals surface area contributed by atoms with E-state index >= 15 is 0 Å². The van der Waals surface area contributed by atoms with E-state index in [-0.39, 0.29) is 11.5 Å². The summed E-state index contributed by atoms with van der Waals surface area (Å²) in [5, 5.41) is 9.82. The van der Waals surface area contributed by atoms with E-state index in [1.165, 1.54) is 0 Å². The van der Waals surface area contributed by atoms with Crippen LogP contribution in [-0.2, 0) is 9.84 Å². The summed E-state index contributed by atoms with van der Waals surface area (Å²) >= 11 is 1.56. The van der Waals surface area contributed by atoms with Gasteiger partial charge in [-0.15, -0.1) is 0 Å². The fourth-order valence-electron chi connectivity index (χ4n) is 1.33. The smallest absolute Gasteiger partial charge is 0.150 e. The van der Waals surface area contributed by atoms with E-state index in [2.05, 4.69) is 0 Å². The second kappa shape index (κ2) is 3.55. The van der Waals surface area contributed by atoms with Gasteiger partial charge >= 0.3 is 0 Å². The molecule has 12 heavy (non-hydrogen) atoms. The van der Waals surface area contributed by atoms with Crippen molar-refractivity contribution in [3.63, 3.8) is 0 Å². The Morgan fingerprint density at radius 3 is 2.33 bits per heavy atom. The number of thioether (sulfide) groups is 1. The van der Waals surface area contributed by atoms with Gasteiger partial charge in [-0.1, -0.05) is 0 Å². The van der Waals surface area contributed by atoms with Crippen LogP contribution in [0, 0.1) is 0 Å². The van der Waals surface area contributed by atoms with Crippen molar-refractivity contribution < 1.29 is 13.5 Å². The van der Waals surface area contributed by atoms with Gasteiger partial charge in [0.15, 0.2) is 9.84 Å². The lowest BCUT2D eigenvalue weighted by Crippen LogP contribution is -2.41. The molecule has 0 atom stereocenters. The summed E-state index contributed by atoms with van der Waals surface area (Å²) in [6, 6.07) is 0. The Balaban J connectivity index is 2.55. The van der Waals surface area contributed by atoms with Crippen LogP contribution in [-0.4, -0.2) is 42.6 Å². The van der Waals surface area contributed by atoms with Crippen LogP contribution in [0.5, 0.6) is 0 Å². The lowest BCUT2D eigenvalue weighted by atomic mass is 10.00. The van der Waals surface area contributed by atoms with Crippen molar-refractivity contribution in [1.82, 2.24) is 0 Å². The van der Waals surface area contributed by atoms with Gasteiger partial charge in [0.25, 0.3) is 0 Å². The van der Waals surface area contributed by atoms with Gasteiger partial charge in [0.05, 0.1) is 17.1 Å². The molecular weight excluding hydrogens is 196 g/mol. The first-order chi connectivity index (χ1) is 5.47. The summed E-state index contributed by atoms with van der Waals surface area (Å²) in [7, 11) is -2.84. The molecule has 5 heteroatoms. The first kappa shape index (κ1) is 10.3. The second-order valence-electron chi connectivity index (χ2n) is 3.31. The molecule has 0 aromatic carbocycles. The highest BCUT2D eigenvalue weighted by Gasteiger charge is 2.34. The summed E-state index contributed by atoms with van der Waals surface area (Å²) in [4.78, 5) is 0. The number of aliphatic hydroxyl groups is 1. The fraction of sp³-hybridized carbons (Fsp3) is 1.00. The zero-order valence-corrected chi connectivity index (χ0v) is 8.75. The fourth-order valence-corrected chi connectivity index (χ4v) is 3.74. The van der Waals surface area contributed by atoms with Crippen LogP contribution in [0.4, 0.5) is 0 Å². The maximum absolute atomic E-state index is 11.0. The molecule has 0 aromatic heterocycles. The van der Waals surface area contributed by atoms with Gasteiger partial charge < -0.3 is 5.11 Å². The van der Waals surface area contributed by atoms with Crippen LogP contribution in [0.25, 0.3) is 0 Å². The number of rotatable bonds is 2. The molecule has 0 aromatic rings. The Morgan fingerprint density at radius 1 is 1.42 bits per heavy atom. The molecule has 0 bridgehead atoms. The molecule has 0 aliphatic carbocycles. The standard InChI is InChI=1S/C7H14O3S2/c1-11-6-7(8)2-4-12(9,10)5-3-7/h8H,2-6H2,1H3. The van der Waals surface area contributed by atoms with Gasteiger partial charge in [-0.3, -0.25) is 0 Å². The highest BCUT2D eigenvalue weighted by Crippen LogP contribution is 2.26. The molecule has 1 N–H and O–H groups in total. The van der Waals surface area contributed by atoms with Crippen LogP contribution >= 0.6 is 11.8 Å². The zero-order valence-electron chi connectivity index (χ0n) is 7.12. The van der Waals surface area contributed by atoms with Gasteiger partial charge in [-0.05, 0) is 19.1 Å². The third-order valence-corrected chi connectivity index (χ3v) is 4.65. The summed E-state index contributed by atoms with van der Waals surface area (Å²) in [5.41, 5.74) is -0.731. The van der Waals surface area contributed by atoms with Crippen molar-refractivity contribution >= 4 is 21.6 Å². The van der Waals surface area contributed by atoms with Crippen LogP contribution in [0.15, 0.2) is 0 Å². The Kier molecular flexibility index (Phi) is 3.06. The number of sulfone groups is 1. The number of hydrogen-bond acceptors (Lipinski definition) is 4. The van der Waals surface area contributed by atoms with E-state index in [9.17, 15) is 13.5 Å². The summed E-state index contributed by atoms with van der Waals surface area (Å²) < 4.78 is 22.0. The molecule has 1 aliphatic rings. The molecule has 1 rings (SSSR count). The predicted molar refractivity (Wildman–Crippen MR) is 51.2 cm³/mol. The van der Waals surface area contributed by atoms with Crippen LogP contribution < -0.4 is 0 Å². The molecule has 0 saturated carbocycles. The highest BCUT2D eigenvalue weighted by molar-refractivity contribution is 7.98. The molecule has 0 radical (unpaired) electrons. The second-order valence-corrected chi connectivity index (χ2v) is 6.48. The Hall–Kier alpha value is 0.260. The quantitative estimate of drug-likeness (QED) is 0.712. The summed E-state index contributed by atoms with van der Waals surface area (Å²) in [6.45, 7) is 0. The minimum absolute atomic E-state index is 0.143. The van der Waals surface area contributed by atoms with E-state index in [0.717, 1.165) is 0 Å². The molecular formula is C7H14O3S2. The molecule has 1 saturated heterocycles. The van der Waals surface area contributed by atoms with E-state index in [1.54, 1.807) is 11.8 Å². The van der Waals surface area contributed by atoms with E-state index in [4.69, 9.17) is 0 Å². The van der Waals surface area contributed by atoms with E-state index in [1.807, 2.05) is 6.26 Å². The van der Waals surface area contributed by atoms with Crippen molar-refractivity contribution in [3.05, 3.63) is 0 Å². The average Bonchev–Trinajstić information content (AvgIpc) is 1.98. The Bertz CT molecular complexity index is 231. The van der Waals surface area contributed by atoms with Crippen molar-refractivity contribution in [2.45, 2.75) is 18.4 Å². The average molecular weight is 210 g/mol. The van der Waals surface area contributed by atoms with Crippen molar-refractivity contribution in [2.75, 3.05) is 23.5 Å². The SMILES string of the molecule is CSCC1(O)CCS(=O)(=O)CC1. The summed E-state index contributed by atoms with van der Waals surface area (Å²) in [6.07, 6.45) is 2.72. The normalized spacial score (nSPS) is 26.8. The van der Waals surface area contributed by atoms with E-state index < -0.39 is 15.4 Å². The minimum atomic E-state index is -2.84. The first-order valence-electron chi connectivity index (χ1n) is 3.89. The molecule has 1 aliphatic heterocycles. The highest BCUT2D eigenvalue weighted by atomic mass is 32.2. The topological polar surface area (TPSA) is 54.4 Å². The predicted octanol–water partition coefficient (Wildman–Crippen LogP) is 0.289. The van der Waals surface area contributed by atoms with Gasteiger partial charge in [-0.2, -0.15) is 11.8 Å². The Labute approximate surface area is 77.5 Å². The maximum Gasteiger partial charge on any atom is 0.150 e. The van der Waals surface area contributed by atoms with Gasteiger partial charge in [0.1, 0.15) is 0 Å². The largest absolute Gasteiger partial charge is 0.389 e. The molecule has 72 valence electrons. The maximum atomic E-state index is 11.0. The van der Waals surface area contributed by atoms with E-state index in [0.29, 0.717) is 18.6 Å². The first-order valence-corrected chi connectivity index (χ1v) is 7.11. The van der Waals surface area contributed by atoms with Crippen LogP contribution in [0.3, 0.4) is 0 Å². The van der Waals surface area contributed by atoms with Crippen molar-refractivity contribution in [2.24, 2.45) is 0 Å². The lowest BCUT2D eigenvalue weighted by molar-refractivity contribution is 0.0551. The monoisotopic (exact) mass is 210 g/mol. The van der Waals surface area contributed by atoms with Crippen molar-refractivity contribution in [1.29, 1.82) is 0 Å². The lowest BCUT2D eigenvalue weighted by Gasteiger charge is -2.30. The van der Waals surface area contributed by atoms with Crippen LogP contribution in [0.2, 0.25) is 0 Å². The van der Waals surface area contributed by atoms with Gasteiger partial charge in [0, 0.05) is 5.75 Å². The number of hydrogen-bond donors (Lipinski definition) is 1. The molecule has 0 unspecified atom stereocenters. The molecule has 0 spiro atoms. The van der Waals surface area contributed by atoms with Crippen LogP contribution in [0.1, 0.15) is 12.8 Å². The molecule has 1 heterocycles. The van der Waals surface area contributed by atoms with Gasteiger partial charge in [-0.25, -0.2) is 8.42 Å². The Morgan fingerprint density at radius 2 is 1.92 bits per heavy atom. The molecule has 1 fully saturated rings. The third kappa shape index (κ3) is 2.64. The third-order valence-electron chi connectivity index (χ3n) is 2.17. The van der Waals surface area contributed by atoms with Crippen molar-refractivity contribution in [3.8, 4) is 0 Å². The van der Waals surface area contributed by atoms with Gasteiger partial charge in [0.2, 0.25) is 0 Å². The summed E-state index contributed by atoms with van der Waals surface area (Å²) in [5.74, 6) is 0.927. The minimum Gasteiger partial charge on any atom is -0.389 e. The molecule has 3 nitrogen and oxygen atoms in total. The molecule has 0 amide bonds.